The van der Waals surface area contributed by atoms with Gasteiger partial charge in [-0.1, -0.05) is 18.2 Å². The van der Waals surface area contributed by atoms with Crippen LogP contribution in [0.3, 0.4) is 0 Å². The summed E-state index contributed by atoms with van der Waals surface area (Å²) in [6.45, 7) is 1.54. The summed E-state index contributed by atoms with van der Waals surface area (Å²) in [4.78, 5) is 35.8. The van der Waals surface area contributed by atoms with Crippen molar-refractivity contribution in [1.29, 1.82) is 0 Å². The minimum atomic E-state index is -0.409. The Morgan fingerprint density at radius 2 is 1.68 bits per heavy atom. The summed E-state index contributed by atoms with van der Waals surface area (Å²) < 4.78 is 14.7. The maximum atomic E-state index is 13.4. The van der Waals surface area contributed by atoms with Crippen LogP contribution >= 0.6 is 0 Å². The van der Waals surface area contributed by atoms with E-state index < -0.39 is 11.7 Å². The van der Waals surface area contributed by atoms with Gasteiger partial charge < -0.3 is 15.2 Å². The molecule has 0 bridgehead atoms. The normalized spacial score (nSPS) is 10.4. The fraction of sp³-hybridized carbons (Fsp3) is 0.0952. The van der Waals surface area contributed by atoms with Gasteiger partial charge in [0.1, 0.15) is 5.82 Å². The predicted octanol–water partition coefficient (Wildman–Crippen LogP) is 3.25. The number of nitrogens with zero attached hydrogens (tertiary/aromatic N) is 1. The highest BCUT2D eigenvalue weighted by atomic mass is 19.1. The zero-order valence-corrected chi connectivity index (χ0v) is 15.1. The summed E-state index contributed by atoms with van der Waals surface area (Å²) in [6, 6.07) is 15.4. The molecule has 2 aromatic carbocycles. The lowest BCUT2D eigenvalue weighted by Gasteiger charge is -2.10. The monoisotopic (exact) mass is 379 g/mol. The molecule has 7 heteroatoms. The standard InChI is InChI=1S/C21H18FN3O3/c1-14(26)23-18-6-3-7-19(11-18)24-21(28)16-8-9-20(27)25(13-16)12-15-4-2-5-17(22)10-15/h2-11,13H,12H2,1H3,(H,23,26)(H,24,28). The first-order valence-electron chi connectivity index (χ1n) is 8.55. The third-order valence-corrected chi connectivity index (χ3v) is 3.93. The number of hydrogen-bond donors (Lipinski definition) is 2. The molecular weight excluding hydrogens is 361 g/mol. The number of carbonyl (C=O) groups is 2. The van der Waals surface area contributed by atoms with Crippen LogP contribution in [-0.4, -0.2) is 16.4 Å². The molecule has 0 spiro atoms. The number of carbonyl (C=O) groups excluding carboxylic acids is 2. The molecule has 6 nitrogen and oxygen atoms in total. The Hall–Kier alpha value is -3.74. The molecule has 3 aromatic rings. The van der Waals surface area contributed by atoms with Crippen LogP contribution in [0.15, 0.2) is 71.7 Å². The molecule has 0 fully saturated rings. The molecule has 2 N–H and O–H groups in total. The molecule has 0 saturated heterocycles. The molecule has 0 unspecified atom stereocenters. The van der Waals surface area contributed by atoms with Crippen LogP contribution in [0.1, 0.15) is 22.8 Å². The van der Waals surface area contributed by atoms with E-state index in [-0.39, 0.29) is 23.6 Å². The highest BCUT2D eigenvalue weighted by molar-refractivity contribution is 6.04. The van der Waals surface area contributed by atoms with Crippen molar-refractivity contribution in [2.75, 3.05) is 10.6 Å². The van der Waals surface area contributed by atoms with Crippen LogP contribution in [0.4, 0.5) is 15.8 Å². The third-order valence-electron chi connectivity index (χ3n) is 3.93. The Balaban J connectivity index is 1.79. The average molecular weight is 379 g/mol. The highest BCUT2D eigenvalue weighted by Gasteiger charge is 2.09. The number of rotatable bonds is 5. The van der Waals surface area contributed by atoms with E-state index in [4.69, 9.17) is 0 Å². The van der Waals surface area contributed by atoms with Gasteiger partial charge in [-0.15, -0.1) is 0 Å². The first kappa shape index (κ1) is 19.0. The summed E-state index contributed by atoms with van der Waals surface area (Å²) in [5.41, 5.74) is 1.65. The molecule has 0 aliphatic rings. The van der Waals surface area contributed by atoms with Crippen LogP contribution in [0, 0.1) is 5.82 Å². The minimum Gasteiger partial charge on any atom is -0.326 e. The smallest absolute Gasteiger partial charge is 0.257 e. The number of amides is 2. The predicted molar refractivity (Wildman–Crippen MR) is 105 cm³/mol. The molecule has 0 atom stereocenters. The van der Waals surface area contributed by atoms with Gasteiger partial charge in [0.15, 0.2) is 0 Å². The van der Waals surface area contributed by atoms with Gasteiger partial charge >= 0.3 is 0 Å². The summed E-state index contributed by atoms with van der Waals surface area (Å²) in [5.74, 6) is -1.01. The molecule has 0 saturated carbocycles. The van der Waals surface area contributed by atoms with Gasteiger partial charge in [0.25, 0.3) is 11.5 Å². The second-order valence-electron chi connectivity index (χ2n) is 6.23. The second kappa shape index (κ2) is 8.30. The first-order chi connectivity index (χ1) is 13.4. The Morgan fingerprint density at radius 3 is 2.39 bits per heavy atom. The third kappa shape index (κ3) is 4.91. The van der Waals surface area contributed by atoms with Gasteiger partial charge in [0, 0.05) is 30.6 Å². The van der Waals surface area contributed by atoms with Crippen molar-refractivity contribution in [2.45, 2.75) is 13.5 Å². The molecule has 3 rings (SSSR count). The van der Waals surface area contributed by atoms with Crippen LogP contribution in [0.2, 0.25) is 0 Å². The topological polar surface area (TPSA) is 80.2 Å². The van der Waals surface area contributed by atoms with Crippen LogP contribution in [0.5, 0.6) is 0 Å². The second-order valence-corrected chi connectivity index (χ2v) is 6.23. The molecular formula is C21H18FN3O3. The fourth-order valence-corrected chi connectivity index (χ4v) is 2.70. The lowest BCUT2D eigenvalue weighted by molar-refractivity contribution is -0.114. The van der Waals surface area contributed by atoms with Crippen molar-refractivity contribution < 1.29 is 14.0 Å². The van der Waals surface area contributed by atoms with Crippen molar-refractivity contribution in [1.82, 2.24) is 4.57 Å². The van der Waals surface area contributed by atoms with E-state index in [1.165, 1.54) is 42.0 Å². The van der Waals surface area contributed by atoms with Gasteiger partial charge in [-0.25, -0.2) is 4.39 Å². The minimum absolute atomic E-state index is 0.149. The van der Waals surface area contributed by atoms with E-state index in [1.807, 2.05) is 0 Å². The van der Waals surface area contributed by atoms with Crippen molar-refractivity contribution in [3.63, 3.8) is 0 Å². The van der Waals surface area contributed by atoms with Gasteiger partial charge in [0.2, 0.25) is 5.91 Å². The Kier molecular flexibility index (Phi) is 5.64. The lowest BCUT2D eigenvalue weighted by atomic mass is 10.2. The quantitative estimate of drug-likeness (QED) is 0.714. The maximum Gasteiger partial charge on any atom is 0.257 e. The maximum absolute atomic E-state index is 13.4. The Morgan fingerprint density at radius 1 is 0.964 bits per heavy atom. The van der Waals surface area contributed by atoms with Crippen molar-refractivity contribution >= 4 is 23.2 Å². The molecule has 28 heavy (non-hydrogen) atoms. The van der Waals surface area contributed by atoms with Gasteiger partial charge in [-0.3, -0.25) is 14.4 Å². The number of halogens is 1. The number of nitrogens with one attached hydrogen (secondary N) is 2. The van der Waals surface area contributed by atoms with Gasteiger partial charge in [-0.05, 0) is 42.0 Å². The molecule has 2 amide bonds. The van der Waals surface area contributed by atoms with E-state index in [1.54, 1.807) is 36.4 Å². The molecule has 0 aliphatic carbocycles. The fourth-order valence-electron chi connectivity index (χ4n) is 2.70. The van der Waals surface area contributed by atoms with Gasteiger partial charge in [-0.2, -0.15) is 0 Å². The van der Waals surface area contributed by atoms with E-state index in [9.17, 15) is 18.8 Å². The average Bonchev–Trinajstić information content (AvgIpc) is 2.63. The lowest BCUT2D eigenvalue weighted by Crippen LogP contribution is -2.22. The number of pyridine rings is 1. The molecule has 0 aliphatic heterocycles. The van der Waals surface area contributed by atoms with Crippen LogP contribution in [0.25, 0.3) is 0 Å². The number of hydrogen-bond acceptors (Lipinski definition) is 3. The first-order valence-corrected chi connectivity index (χ1v) is 8.55. The van der Waals surface area contributed by atoms with E-state index in [0.717, 1.165) is 0 Å². The number of anilines is 2. The van der Waals surface area contributed by atoms with E-state index in [2.05, 4.69) is 10.6 Å². The zero-order chi connectivity index (χ0) is 20.1. The largest absolute Gasteiger partial charge is 0.326 e. The molecule has 0 radical (unpaired) electrons. The van der Waals surface area contributed by atoms with Crippen molar-refractivity contribution in [3.05, 3.63) is 94.2 Å². The number of benzene rings is 2. The van der Waals surface area contributed by atoms with Crippen LogP contribution < -0.4 is 16.2 Å². The number of aromatic nitrogens is 1. The van der Waals surface area contributed by atoms with Crippen molar-refractivity contribution in [3.8, 4) is 0 Å². The Bertz CT molecular complexity index is 1090. The summed E-state index contributed by atoms with van der Waals surface area (Å²) >= 11 is 0. The summed E-state index contributed by atoms with van der Waals surface area (Å²) in [7, 11) is 0. The van der Waals surface area contributed by atoms with Crippen molar-refractivity contribution in [2.24, 2.45) is 0 Å². The molecule has 142 valence electrons. The van der Waals surface area contributed by atoms with E-state index in [0.29, 0.717) is 16.9 Å². The SMILES string of the molecule is CC(=O)Nc1cccc(NC(=O)c2ccc(=O)n(Cc3cccc(F)c3)c2)c1. The molecule has 1 aromatic heterocycles. The zero-order valence-electron chi connectivity index (χ0n) is 15.1. The van der Waals surface area contributed by atoms with E-state index >= 15 is 0 Å². The van der Waals surface area contributed by atoms with Crippen LogP contribution in [-0.2, 0) is 11.3 Å². The summed E-state index contributed by atoms with van der Waals surface area (Å²) in [6.07, 6.45) is 1.43. The highest BCUT2D eigenvalue weighted by Crippen LogP contribution is 2.16. The Labute approximate surface area is 160 Å². The summed E-state index contributed by atoms with van der Waals surface area (Å²) in [5, 5.41) is 5.37. The van der Waals surface area contributed by atoms with Gasteiger partial charge in [0.05, 0.1) is 12.1 Å². The molecule has 1 heterocycles.